The Hall–Kier alpha value is -2.51. The van der Waals surface area contributed by atoms with Crippen molar-refractivity contribution in [3.63, 3.8) is 0 Å². The molecule has 0 aromatic heterocycles. The maximum atomic E-state index is 12.3. The van der Waals surface area contributed by atoms with Crippen LogP contribution in [-0.2, 0) is 28.2 Å². The third-order valence-electron chi connectivity index (χ3n) is 7.56. The van der Waals surface area contributed by atoms with Gasteiger partial charge in [-0.25, -0.2) is 4.57 Å². The molecule has 0 aliphatic rings. The van der Waals surface area contributed by atoms with Crippen molar-refractivity contribution in [1.29, 1.82) is 0 Å². The number of unbranched alkanes of at least 4 members (excludes halogenated alkanes) is 14. The fourth-order valence-corrected chi connectivity index (χ4v) is 5.09. The van der Waals surface area contributed by atoms with Crippen LogP contribution < -0.4 is 0 Å². The van der Waals surface area contributed by atoms with Gasteiger partial charge in [0.15, 0.2) is 6.10 Å². The van der Waals surface area contributed by atoms with Crippen LogP contribution in [0.5, 0.6) is 0 Å². The average Bonchev–Trinajstić information content (AvgIpc) is 3.07. The predicted molar refractivity (Wildman–Crippen MR) is 202 cm³/mol. The van der Waals surface area contributed by atoms with Crippen LogP contribution in [0.4, 0.5) is 0 Å². The molecule has 0 heterocycles. The van der Waals surface area contributed by atoms with E-state index in [1.165, 1.54) is 57.8 Å². The smallest absolute Gasteiger partial charge is 0.462 e. The Labute approximate surface area is 298 Å². The Morgan fingerprint density at radius 1 is 0.551 bits per heavy atom. The molecule has 0 rings (SSSR count). The number of esters is 2. The van der Waals surface area contributed by atoms with E-state index in [1.807, 2.05) is 30.4 Å². The summed E-state index contributed by atoms with van der Waals surface area (Å²) in [4.78, 5) is 42.6. The van der Waals surface area contributed by atoms with Crippen molar-refractivity contribution >= 4 is 19.8 Å². The molecular formula is C40H67O8P. The van der Waals surface area contributed by atoms with Crippen molar-refractivity contribution in [3.8, 4) is 0 Å². The number of hydrogen-bond donors (Lipinski definition) is 2. The standard InChI is InChI=1S/C40H67O8P/c1-3-5-7-9-11-13-15-17-18-19-20-21-23-24-26-28-30-32-34-39(41)46-36-38(37-47-49(43,44)45)48-40(42)35-33-31-29-27-25-22-16-14-12-10-8-6-4-2/h11,13,15,17-22,25,29,31,38H,3-10,12,14,16,23-24,26-28,30,32-37H2,1-2H3,(H2,43,44,45)/b13-11+,17-15+,19-18+,21-20+,25-22+,31-29+. The first-order valence-corrected chi connectivity index (χ1v) is 20.3. The molecule has 1 unspecified atom stereocenters. The van der Waals surface area contributed by atoms with E-state index in [0.717, 1.165) is 51.4 Å². The maximum absolute atomic E-state index is 12.3. The summed E-state index contributed by atoms with van der Waals surface area (Å²) in [5, 5.41) is 0. The van der Waals surface area contributed by atoms with E-state index < -0.39 is 32.5 Å². The Morgan fingerprint density at radius 3 is 1.65 bits per heavy atom. The van der Waals surface area contributed by atoms with Gasteiger partial charge in [-0.2, -0.15) is 0 Å². The lowest BCUT2D eigenvalue weighted by Gasteiger charge is -2.18. The van der Waals surface area contributed by atoms with Gasteiger partial charge in [0.05, 0.1) is 6.61 Å². The lowest BCUT2D eigenvalue weighted by Crippen LogP contribution is -2.29. The number of carbonyl (C=O) groups is 2. The summed E-state index contributed by atoms with van der Waals surface area (Å²) in [6.07, 6.45) is 44.9. The van der Waals surface area contributed by atoms with Gasteiger partial charge in [-0.3, -0.25) is 14.1 Å². The van der Waals surface area contributed by atoms with Gasteiger partial charge < -0.3 is 19.3 Å². The number of phosphoric ester groups is 1. The molecule has 9 heteroatoms. The van der Waals surface area contributed by atoms with Crippen LogP contribution in [0.25, 0.3) is 0 Å². The minimum atomic E-state index is -4.77. The molecule has 0 radical (unpaired) electrons. The third kappa shape index (κ3) is 38.1. The van der Waals surface area contributed by atoms with Crippen LogP contribution in [0.15, 0.2) is 72.9 Å². The SMILES string of the molecule is CCCCC/C=C/C=C/C=C/C=C/CCCCCCCC(=O)OCC(COP(=O)(O)O)OC(=O)CC/C=C/C/C=C/CCCCCCCC. The molecule has 1 atom stereocenters. The first-order chi connectivity index (χ1) is 23.8. The van der Waals surface area contributed by atoms with E-state index in [1.54, 1.807) is 0 Å². The van der Waals surface area contributed by atoms with Crippen LogP contribution in [0.1, 0.15) is 149 Å². The second kappa shape index (κ2) is 35.3. The highest BCUT2D eigenvalue weighted by Crippen LogP contribution is 2.35. The summed E-state index contributed by atoms with van der Waals surface area (Å²) in [7, 11) is -4.77. The fraction of sp³-hybridized carbons (Fsp3) is 0.650. The third-order valence-corrected chi connectivity index (χ3v) is 8.04. The molecule has 0 saturated heterocycles. The molecule has 0 aromatic rings. The molecule has 0 aromatic carbocycles. The number of ether oxygens (including phenoxy) is 2. The van der Waals surface area contributed by atoms with Crippen molar-refractivity contribution in [2.45, 2.75) is 155 Å². The van der Waals surface area contributed by atoms with E-state index in [-0.39, 0.29) is 19.4 Å². The molecule has 8 nitrogen and oxygen atoms in total. The molecule has 2 N–H and O–H groups in total. The van der Waals surface area contributed by atoms with Gasteiger partial charge in [-0.15, -0.1) is 0 Å². The highest BCUT2D eigenvalue weighted by molar-refractivity contribution is 7.46. The highest BCUT2D eigenvalue weighted by Gasteiger charge is 2.22. The summed E-state index contributed by atoms with van der Waals surface area (Å²) in [6.45, 7) is 3.54. The zero-order valence-corrected chi connectivity index (χ0v) is 31.5. The van der Waals surface area contributed by atoms with E-state index >= 15 is 0 Å². The van der Waals surface area contributed by atoms with E-state index in [4.69, 9.17) is 19.3 Å². The first-order valence-electron chi connectivity index (χ1n) is 18.8. The lowest BCUT2D eigenvalue weighted by molar-refractivity contribution is -0.161. The Bertz CT molecular complexity index is 1020. The average molecular weight is 707 g/mol. The number of phosphoric acid groups is 1. The topological polar surface area (TPSA) is 119 Å². The fourth-order valence-electron chi connectivity index (χ4n) is 4.73. The van der Waals surface area contributed by atoms with Gasteiger partial charge in [-0.1, -0.05) is 151 Å². The minimum Gasteiger partial charge on any atom is -0.462 e. The van der Waals surface area contributed by atoms with E-state index in [9.17, 15) is 14.2 Å². The van der Waals surface area contributed by atoms with Crippen molar-refractivity contribution in [2.75, 3.05) is 13.2 Å². The van der Waals surface area contributed by atoms with Crippen molar-refractivity contribution < 1.29 is 37.9 Å². The Balaban J connectivity index is 4.11. The molecule has 0 saturated carbocycles. The number of rotatable bonds is 33. The number of allylic oxidation sites excluding steroid dienone is 12. The summed E-state index contributed by atoms with van der Waals surface area (Å²) >= 11 is 0. The Kier molecular flexibility index (Phi) is 33.5. The van der Waals surface area contributed by atoms with Gasteiger partial charge in [0, 0.05) is 12.8 Å². The van der Waals surface area contributed by atoms with Crippen molar-refractivity contribution in [3.05, 3.63) is 72.9 Å². The summed E-state index contributed by atoms with van der Waals surface area (Å²) in [5.41, 5.74) is 0. The van der Waals surface area contributed by atoms with Crippen LogP contribution in [0.2, 0.25) is 0 Å². The molecule has 0 amide bonds. The van der Waals surface area contributed by atoms with Gasteiger partial charge in [-0.05, 0) is 57.8 Å². The molecular weight excluding hydrogens is 639 g/mol. The molecule has 0 spiro atoms. The molecule has 0 aliphatic carbocycles. The summed E-state index contributed by atoms with van der Waals surface area (Å²) < 4.78 is 26.2. The molecule has 49 heavy (non-hydrogen) atoms. The zero-order chi connectivity index (χ0) is 36.1. The van der Waals surface area contributed by atoms with Crippen LogP contribution in [-0.4, -0.2) is 41.0 Å². The molecule has 280 valence electrons. The van der Waals surface area contributed by atoms with Crippen molar-refractivity contribution in [2.24, 2.45) is 0 Å². The zero-order valence-electron chi connectivity index (χ0n) is 30.6. The minimum absolute atomic E-state index is 0.0965. The Morgan fingerprint density at radius 2 is 1.04 bits per heavy atom. The first kappa shape index (κ1) is 46.5. The highest BCUT2D eigenvalue weighted by atomic mass is 31.2. The quantitative estimate of drug-likeness (QED) is 0.0227. The monoisotopic (exact) mass is 706 g/mol. The second-order valence-electron chi connectivity index (χ2n) is 12.3. The maximum Gasteiger partial charge on any atom is 0.469 e. The van der Waals surface area contributed by atoms with Crippen LogP contribution in [0, 0.1) is 0 Å². The van der Waals surface area contributed by atoms with Crippen molar-refractivity contribution in [1.82, 2.24) is 0 Å². The lowest BCUT2D eigenvalue weighted by atomic mass is 10.1. The predicted octanol–water partition coefficient (Wildman–Crippen LogP) is 11.1. The van der Waals surface area contributed by atoms with Gasteiger partial charge in [0.2, 0.25) is 0 Å². The van der Waals surface area contributed by atoms with E-state index in [0.29, 0.717) is 12.8 Å². The van der Waals surface area contributed by atoms with Gasteiger partial charge in [0.25, 0.3) is 0 Å². The molecule has 0 fully saturated rings. The van der Waals surface area contributed by atoms with Crippen LogP contribution >= 0.6 is 7.82 Å². The number of hydrogen-bond acceptors (Lipinski definition) is 6. The summed E-state index contributed by atoms with van der Waals surface area (Å²) in [5.74, 6) is -0.997. The molecule has 0 aliphatic heterocycles. The molecule has 0 bridgehead atoms. The number of carbonyl (C=O) groups excluding carboxylic acids is 2. The normalized spacial score (nSPS) is 13.3. The van der Waals surface area contributed by atoms with Gasteiger partial charge in [0.1, 0.15) is 6.61 Å². The second-order valence-corrected chi connectivity index (χ2v) is 13.5. The summed E-state index contributed by atoms with van der Waals surface area (Å²) in [6, 6.07) is 0. The van der Waals surface area contributed by atoms with E-state index in [2.05, 4.69) is 60.9 Å². The largest absolute Gasteiger partial charge is 0.469 e. The van der Waals surface area contributed by atoms with Crippen LogP contribution in [0.3, 0.4) is 0 Å². The van der Waals surface area contributed by atoms with Gasteiger partial charge >= 0.3 is 19.8 Å².